The van der Waals surface area contributed by atoms with Crippen molar-refractivity contribution in [2.24, 2.45) is 0 Å². The Morgan fingerprint density at radius 1 is 1.55 bits per heavy atom. The molecule has 1 aliphatic rings. The fourth-order valence-electron chi connectivity index (χ4n) is 2.53. The maximum Gasteiger partial charge on any atom is 0.257 e. The molecule has 0 aromatic carbocycles. The third-order valence-corrected chi connectivity index (χ3v) is 3.73. The first kappa shape index (κ1) is 14.8. The molecule has 0 saturated carbocycles. The zero-order valence-corrected chi connectivity index (χ0v) is 12.2. The summed E-state index contributed by atoms with van der Waals surface area (Å²) in [5, 5.41) is 2.92. The normalized spacial score (nSPS) is 18.9. The summed E-state index contributed by atoms with van der Waals surface area (Å²) in [6, 6.07) is 1.65. The second-order valence-electron chi connectivity index (χ2n) is 5.29. The van der Waals surface area contributed by atoms with Crippen LogP contribution >= 0.6 is 0 Å². The standard InChI is InChI=1S/C15H22FN3O/c1-3-8-17-14-13(16)12(7-9-18-14)15(20)19-10-5-4-6-11(19)2/h7,9,11H,3-6,8,10H2,1-2H3,(H,17,18). The minimum absolute atomic E-state index is 0.118. The van der Waals surface area contributed by atoms with Gasteiger partial charge in [0, 0.05) is 25.3 Å². The molecule has 1 aromatic heterocycles. The second kappa shape index (κ2) is 6.68. The van der Waals surface area contributed by atoms with Crippen LogP contribution in [0.4, 0.5) is 10.2 Å². The molecule has 1 amide bonds. The van der Waals surface area contributed by atoms with Gasteiger partial charge in [-0.15, -0.1) is 0 Å². The number of nitrogens with one attached hydrogen (secondary N) is 1. The predicted molar refractivity (Wildman–Crippen MR) is 77.3 cm³/mol. The Kier molecular flexibility index (Phi) is 4.93. The van der Waals surface area contributed by atoms with E-state index in [4.69, 9.17) is 0 Å². The van der Waals surface area contributed by atoms with Gasteiger partial charge in [0.25, 0.3) is 5.91 Å². The molecule has 2 rings (SSSR count). The minimum atomic E-state index is -0.538. The van der Waals surface area contributed by atoms with E-state index in [1.165, 1.54) is 12.3 Å². The van der Waals surface area contributed by atoms with Crippen LogP contribution in [0.25, 0.3) is 0 Å². The van der Waals surface area contributed by atoms with Crippen molar-refractivity contribution in [3.05, 3.63) is 23.6 Å². The molecule has 1 aromatic rings. The lowest BCUT2D eigenvalue weighted by Crippen LogP contribution is -2.42. The minimum Gasteiger partial charge on any atom is -0.368 e. The van der Waals surface area contributed by atoms with Crippen molar-refractivity contribution < 1.29 is 9.18 Å². The zero-order chi connectivity index (χ0) is 14.5. The van der Waals surface area contributed by atoms with Crippen molar-refractivity contribution in [2.45, 2.75) is 45.6 Å². The molecule has 0 spiro atoms. The first-order valence-electron chi connectivity index (χ1n) is 7.34. The fourth-order valence-corrected chi connectivity index (χ4v) is 2.53. The van der Waals surface area contributed by atoms with Crippen LogP contribution in [0, 0.1) is 5.82 Å². The summed E-state index contributed by atoms with van der Waals surface area (Å²) in [5.74, 6) is -0.595. The quantitative estimate of drug-likeness (QED) is 0.921. The van der Waals surface area contributed by atoms with Gasteiger partial charge < -0.3 is 10.2 Å². The molecule has 110 valence electrons. The van der Waals surface area contributed by atoms with E-state index in [2.05, 4.69) is 10.3 Å². The topological polar surface area (TPSA) is 45.2 Å². The van der Waals surface area contributed by atoms with Crippen LogP contribution in [0.1, 0.15) is 49.9 Å². The van der Waals surface area contributed by atoms with Crippen molar-refractivity contribution in [3.8, 4) is 0 Å². The summed E-state index contributed by atoms with van der Waals surface area (Å²) in [4.78, 5) is 18.2. The number of anilines is 1. The highest BCUT2D eigenvalue weighted by atomic mass is 19.1. The summed E-state index contributed by atoms with van der Waals surface area (Å²) < 4.78 is 14.4. The molecule has 1 unspecified atom stereocenters. The van der Waals surface area contributed by atoms with Crippen LogP contribution in [-0.4, -0.2) is 34.9 Å². The molecular weight excluding hydrogens is 257 g/mol. The third-order valence-electron chi connectivity index (χ3n) is 3.73. The second-order valence-corrected chi connectivity index (χ2v) is 5.29. The van der Waals surface area contributed by atoms with Gasteiger partial charge in [-0.25, -0.2) is 9.37 Å². The lowest BCUT2D eigenvalue weighted by Gasteiger charge is -2.33. The van der Waals surface area contributed by atoms with E-state index < -0.39 is 5.82 Å². The molecule has 1 saturated heterocycles. The number of rotatable bonds is 4. The summed E-state index contributed by atoms with van der Waals surface area (Å²) >= 11 is 0. The number of carbonyl (C=O) groups excluding carboxylic acids is 1. The Balaban J connectivity index is 2.21. The van der Waals surface area contributed by atoms with Gasteiger partial charge in [0.1, 0.15) is 0 Å². The number of halogens is 1. The number of piperidine rings is 1. The number of hydrogen-bond donors (Lipinski definition) is 1. The van der Waals surface area contributed by atoms with E-state index in [1.54, 1.807) is 4.90 Å². The maximum atomic E-state index is 14.4. The first-order chi connectivity index (χ1) is 9.65. The number of likely N-dealkylation sites (tertiary alicyclic amines) is 1. The van der Waals surface area contributed by atoms with E-state index in [1.807, 2.05) is 13.8 Å². The molecule has 1 fully saturated rings. The van der Waals surface area contributed by atoms with Crippen LogP contribution in [0.3, 0.4) is 0 Å². The zero-order valence-electron chi connectivity index (χ0n) is 12.2. The van der Waals surface area contributed by atoms with Gasteiger partial charge >= 0.3 is 0 Å². The van der Waals surface area contributed by atoms with Crippen molar-refractivity contribution in [2.75, 3.05) is 18.4 Å². The Morgan fingerprint density at radius 3 is 3.05 bits per heavy atom. The van der Waals surface area contributed by atoms with E-state index >= 15 is 0 Å². The highest BCUT2D eigenvalue weighted by Crippen LogP contribution is 2.22. The van der Waals surface area contributed by atoms with Gasteiger partial charge in [0.2, 0.25) is 0 Å². The largest absolute Gasteiger partial charge is 0.368 e. The molecule has 1 atom stereocenters. The number of pyridine rings is 1. The lowest BCUT2D eigenvalue weighted by atomic mass is 10.0. The molecule has 0 aliphatic carbocycles. The van der Waals surface area contributed by atoms with Gasteiger partial charge in [-0.05, 0) is 38.7 Å². The van der Waals surface area contributed by atoms with Crippen LogP contribution in [0.15, 0.2) is 12.3 Å². The van der Waals surface area contributed by atoms with Crippen molar-refractivity contribution in [1.29, 1.82) is 0 Å². The average Bonchev–Trinajstić information content (AvgIpc) is 2.46. The highest BCUT2D eigenvalue weighted by Gasteiger charge is 2.27. The number of hydrogen-bond acceptors (Lipinski definition) is 3. The van der Waals surface area contributed by atoms with Gasteiger partial charge in [0.15, 0.2) is 11.6 Å². The molecule has 2 heterocycles. The number of amides is 1. The van der Waals surface area contributed by atoms with E-state index in [9.17, 15) is 9.18 Å². The Bertz CT molecular complexity index is 478. The van der Waals surface area contributed by atoms with Gasteiger partial charge in [0.05, 0.1) is 5.56 Å². The summed E-state index contributed by atoms with van der Waals surface area (Å²) in [5.41, 5.74) is 0.118. The van der Waals surface area contributed by atoms with Gasteiger partial charge in [-0.3, -0.25) is 4.79 Å². The summed E-state index contributed by atoms with van der Waals surface area (Å²) in [6.07, 6.45) is 5.47. The fraction of sp³-hybridized carbons (Fsp3) is 0.600. The van der Waals surface area contributed by atoms with E-state index in [-0.39, 0.29) is 23.3 Å². The van der Waals surface area contributed by atoms with Crippen LogP contribution in [0.2, 0.25) is 0 Å². The Hall–Kier alpha value is -1.65. The number of nitrogens with zero attached hydrogens (tertiary/aromatic N) is 2. The van der Waals surface area contributed by atoms with Crippen LogP contribution in [-0.2, 0) is 0 Å². The molecule has 1 N–H and O–H groups in total. The van der Waals surface area contributed by atoms with Crippen LogP contribution < -0.4 is 5.32 Å². The van der Waals surface area contributed by atoms with Crippen molar-refractivity contribution in [1.82, 2.24) is 9.88 Å². The van der Waals surface area contributed by atoms with Crippen LogP contribution in [0.5, 0.6) is 0 Å². The molecule has 5 heteroatoms. The molecule has 4 nitrogen and oxygen atoms in total. The molecule has 20 heavy (non-hydrogen) atoms. The number of aromatic nitrogens is 1. The Labute approximate surface area is 119 Å². The summed E-state index contributed by atoms with van der Waals surface area (Å²) in [6.45, 7) is 5.36. The number of carbonyl (C=O) groups is 1. The smallest absolute Gasteiger partial charge is 0.257 e. The third kappa shape index (κ3) is 3.08. The van der Waals surface area contributed by atoms with E-state index in [0.717, 1.165) is 25.7 Å². The molecule has 0 radical (unpaired) electrons. The van der Waals surface area contributed by atoms with Crippen molar-refractivity contribution >= 4 is 11.7 Å². The SMILES string of the molecule is CCCNc1nccc(C(=O)N2CCCCC2C)c1F. The lowest BCUT2D eigenvalue weighted by molar-refractivity contribution is 0.0631. The van der Waals surface area contributed by atoms with Crippen molar-refractivity contribution in [3.63, 3.8) is 0 Å². The monoisotopic (exact) mass is 279 g/mol. The maximum absolute atomic E-state index is 14.4. The van der Waals surface area contributed by atoms with Gasteiger partial charge in [-0.1, -0.05) is 6.92 Å². The summed E-state index contributed by atoms with van der Waals surface area (Å²) in [7, 11) is 0. The predicted octanol–water partition coefficient (Wildman–Crippen LogP) is 3.06. The van der Waals surface area contributed by atoms with E-state index in [0.29, 0.717) is 13.1 Å². The Morgan fingerprint density at radius 2 is 2.35 bits per heavy atom. The average molecular weight is 279 g/mol. The molecular formula is C15H22FN3O. The van der Waals surface area contributed by atoms with Gasteiger partial charge in [-0.2, -0.15) is 0 Å². The molecule has 1 aliphatic heterocycles. The highest BCUT2D eigenvalue weighted by molar-refractivity contribution is 5.95. The first-order valence-corrected chi connectivity index (χ1v) is 7.34. The molecule has 0 bridgehead atoms.